The Morgan fingerprint density at radius 2 is 1.54 bits per heavy atom. The second-order valence-corrected chi connectivity index (χ2v) is 8.19. The quantitative estimate of drug-likeness (QED) is 0.328. The molecule has 35 heavy (non-hydrogen) atoms. The Bertz CT molecular complexity index is 1100. The van der Waals surface area contributed by atoms with Crippen molar-refractivity contribution in [2.24, 2.45) is 0 Å². The zero-order chi connectivity index (χ0) is 25.4. The molecule has 3 aromatic rings. The van der Waals surface area contributed by atoms with Crippen LogP contribution < -0.4 is 20.1 Å². The van der Waals surface area contributed by atoms with Crippen LogP contribution in [0.5, 0.6) is 11.5 Å². The van der Waals surface area contributed by atoms with E-state index in [1.54, 1.807) is 14.2 Å². The third kappa shape index (κ3) is 6.79. The molecule has 0 saturated heterocycles. The van der Waals surface area contributed by atoms with Crippen LogP contribution in [0.4, 0.5) is 13.2 Å². The van der Waals surface area contributed by atoms with Gasteiger partial charge < -0.3 is 14.8 Å². The van der Waals surface area contributed by atoms with E-state index in [-0.39, 0.29) is 12.1 Å². The van der Waals surface area contributed by atoms with E-state index in [1.165, 1.54) is 12.1 Å². The summed E-state index contributed by atoms with van der Waals surface area (Å²) in [4.78, 5) is 0. The van der Waals surface area contributed by atoms with Crippen molar-refractivity contribution in [1.29, 1.82) is 0 Å². The molecule has 4 nitrogen and oxygen atoms in total. The van der Waals surface area contributed by atoms with Crippen LogP contribution in [0, 0.1) is 0 Å². The molecule has 0 aliphatic rings. The summed E-state index contributed by atoms with van der Waals surface area (Å²) in [5.41, 5.74) is 3.00. The van der Waals surface area contributed by atoms with Crippen molar-refractivity contribution in [3.8, 4) is 11.5 Å². The number of nitrogens with one attached hydrogen (secondary N) is 2. The smallest absolute Gasteiger partial charge is 0.416 e. The molecule has 0 spiro atoms. The summed E-state index contributed by atoms with van der Waals surface area (Å²) in [7, 11) is 5.00. The highest BCUT2D eigenvalue weighted by Crippen LogP contribution is 2.34. The minimum Gasteiger partial charge on any atom is -0.493 e. The Labute approximate surface area is 204 Å². The maximum atomic E-state index is 13.0. The summed E-state index contributed by atoms with van der Waals surface area (Å²) >= 11 is 0. The van der Waals surface area contributed by atoms with E-state index in [4.69, 9.17) is 9.47 Å². The molecule has 0 unspecified atom stereocenters. The Balaban J connectivity index is 1.91. The van der Waals surface area contributed by atoms with Gasteiger partial charge in [-0.3, -0.25) is 5.32 Å². The minimum atomic E-state index is -4.35. The van der Waals surface area contributed by atoms with Crippen LogP contribution in [0.25, 0.3) is 0 Å². The van der Waals surface area contributed by atoms with Crippen molar-refractivity contribution in [1.82, 2.24) is 10.6 Å². The normalized spacial score (nSPS) is 13.1. The molecule has 2 atom stereocenters. The van der Waals surface area contributed by atoms with Crippen LogP contribution in [0.15, 0.2) is 85.1 Å². The van der Waals surface area contributed by atoms with Gasteiger partial charge in [-0.1, -0.05) is 55.1 Å². The fourth-order valence-electron chi connectivity index (χ4n) is 3.98. The van der Waals surface area contributed by atoms with Crippen molar-refractivity contribution in [2.45, 2.75) is 31.1 Å². The number of benzene rings is 3. The van der Waals surface area contributed by atoms with Crippen LogP contribution >= 0.6 is 0 Å². The largest absolute Gasteiger partial charge is 0.493 e. The van der Waals surface area contributed by atoms with Gasteiger partial charge in [0, 0.05) is 18.8 Å². The molecule has 186 valence electrons. The number of alkyl halides is 3. The first-order valence-electron chi connectivity index (χ1n) is 11.3. The maximum Gasteiger partial charge on any atom is 0.416 e. The number of aryl methyl sites for hydroxylation is 1. The van der Waals surface area contributed by atoms with E-state index >= 15 is 0 Å². The zero-order valence-corrected chi connectivity index (χ0v) is 20.2. The molecule has 0 aliphatic heterocycles. The topological polar surface area (TPSA) is 42.5 Å². The summed E-state index contributed by atoms with van der Waals surface area (Å²) < 4.78 is 49.8. The van der Waals surface area contributed by atoms with Gasteiger partial charge in [0.2, 0.25) is 0 Å². The first-order valence-corrected chi connectivity index (χ1v) is 11.3. The van der Waals surface area contributed by atoms with Crippen LogP contribution in [0.1, 0.15) is 40.8 Å². The first-order chi connectivity index (χ1) is 16.8. The van der Waals surface area contributed by atoms with Crippen molar-refractivity contribution in [3.63, 3.8) is 0 Å². The third-order valence-electron chi connectivity index (χ3n) is 5.98. The molecule has 0 fully saturated rings. The van der Waals surface area contributed by atoms with Crippen molar-refractivity contribution < 1.29 is 22.6 Å². The number of methoxy groups -OCH3 is 2. The fraction of sp³-hybridized carbons (Fsp3) is 0.286. The van der Waals surface area contributed by atoms with Crippen LogP contribution in [0.2, 0.25) is 0 Å². The monoisotopic (exact) mass is 484 g/mol. The van der Waals surface area contributed by atoms with Crippen LogP contribution in [0.3, 0.4) is 0 Å². The minimum absolute atomic E-state index is 0.146. The molecule has 0 aromatic heterocycles. The fourth-order valence-corrected chi connectivity index (χ4v) is 3.98. The highest BCUT2D eigenvalue weighted by atomic mass is 19.4. The van der Waals surface area contributed by atoms with Gasteiger partial charge in [-0.2, -0.15) is 13.2 Å². The Kier molecular flexibility index (Phi) is 8.82. The second-order valence-electron chi connectivity index (χ2n) is 8.19. The zero-order valence-electron chi connectivity index (χ0n) is 20.2. The molecule has 0 aliphatic carbocycles. The number of hydrogen-bond acceptors (Lipinski definition) is 4. The molecule has 0 bridgehead atoms. The standard InChI is InChI=1S/C28H31F3N2O2/c1-19(32-2)27(21-8-6-5-7-9-21)33-24(22-13-17-25(34-3)26(18-22)35-4)16-12-20-10-14-23(15-11-20)28(29,30)31/h5-11,13-15,17-18,24,27,32-33H,1,12,16H2,2-4H3/t24-,27-/m0/s1. The molecular formula is C28H31F3N2O2. The highest BCUT2D eigenvalue weighted by molar-refractivity contribution is 5.44. The second kappa shape index (κ2) is 11.8. The Morgan fingerprint density at radius 3 is 2.11 bits per heavy atom. The summed E-state index contributed by atoms with van der Waals surface area (Å²) in [6.45, 7) is 4.18. The molecule has 7 heteroatoms. The Morgan fingerprint density at radius 1 is 0.886 bits per heavy atom. The number of halogens is 3. The van der Waals surface area contributed by atoms with E-state index < -0.39 is 11.7 Å². The molecule has 3 aromatic carbocycles. The molecular weight excluding hydrogens is 453 g/mol. The van der Waals surface area contributed by atoms with Gasteiger partial charge in [-0.05, 0) is 53.8 Å². The molecule has 2 N–H and O–H groups in total. The van der Waals surface area contributed by atoms with Crippen molar-refractivity contribution in [2.75, 3.05) is 21.3 Å². The van der Waals surface area contributed by atoms with Gasteiger partial charge in [0.15, 0.2) is 11.5 Å². The van der Waals surface area contributed by atoms with Crippen molar-refractivity contribution >= 4 is 0 Å². The molecule has 0 radical (unpaired) electrons. The molecule has 3 rings (SSSR count). The average molecular weight is 485 g/mol. The molecule has 0 saturated carbocycles. The average Bonchev–Trinajstić information content (AvgIpc) is 2.88. The predicted octanol–water partition coefficient (Wildman–Crippen LogP) is 6.46. The molecule has 0 heterocycles. The highest BCUT2D eigenvalue weighted by Gasteiger charge is 2.30. The summed E-state index contributed by atoms with van der Waals surface area (Å²) in [6, 6.07) is 20.7. The maximum absolute atomic E-state index is 13.0. The van der Waals surface area contributed by atoms with Gasteiger partial charge in [-0.15, -0.1) is 0 Å². The summed E-state index contributed by atoms with van der Waals surface area (Å²) in [6.07, 6.45) is -3.13. The van der Waals surface area contributed by atoms with Gasteiger partial charge in [0.25, 0.3) is 0 Å². The van der Waals surface area contributed by atoms with E-state index in [1.807, 2.05) is 55.6 Å². The summed E-state index contributed by atoms with van der Waals surface area (Å²) in [5, 5.41) is 6.84. The number of rotatable bonds is 11. The lowest BCUT2D eigenvalue weighted by Crippen LogP contribution is -2.31. The van der Waals surface area contributed by atoms with Gasteiger partial charge in [0.05, 0.1) is 25.8 Å². The Hall–Kier alpha value is -3.45. The number of likely N-dealkylation sites (N-methyl/N-ethyl adjacent to an activating group) is 1. The molecule has 0 amide bonds. The van der Waals surface area contributed by atoms with Crippen molar-refractivity contribution in [3.05, 3.63) is 107 Å². The lowest BCUT2D eigenvalue weighted by atomic mass is 9.95. The van der Waals surface area contributed by atoms with E-state index in [9.17, 15) is 13.2 Å². The lowest BCUT2D eigenvalue weighted by molar-refractivity contribution is -0.137. The SMILES string of the molecule is C=C(NC)[C@H](N[C@@H](CCc1ccc(C(F)(F)F)cc1)c1ccc(OC)c(OC)c1)c1ccccc1. The lowest BCUT2D eigenvalue weighted by Gasteiger charge is -2.28. The van der Waals surface area contributed by atoms with E-state index in [2.05, 4.69) is 17.2 Å². The predicted molar refractivity (Wildman–Crippen MR) is 133 cm³/mol. The number of hydrogen-bond donors (Lipinski definition) is 2. The van der Waals surface area contributed by atoms with Gasteiger partial charge in [-0.25, -0.2) is 0 Å². The third-order valence-corrected chi connectivity index (χ3v) is 5.98. The van der Waals surface area contributed by atoms with E-state index in [0.29, 0.717) is 24.3 Å². The summed E-state index contributed by atoms with van der Waals surface area (Å²) in [5.74, 6) is 1.23. The van der Waals surface area contributed by atoms with E-state index in [0.717, 1.165) is 34.5 Å². The number of ether oxygens (including phenoxy) is 2. The van der Waals surface area contributed by atoms with Crippen LogP contribution in [-0.4, -0.2) is 21.3 Å². The van der Waals surface area contributed by atoms with Crippen LogP contribution in [-0.2, 0) is 12.6 Å². The van der Waals surface area contributed by atoms with Gasteiger partial charge in [0.1, 0.15) is 0 Å². The first kappa shape index (κ1) is 26.2. The van der Waals surface area contributed by atoms with Gasteiger partial charge >= 0.3 is 6.18 Å².